The highest BCUT2D eigenvalue weighted by Gasteiger charge is 2.02. The Morgan fingerprint density at radius 3 is 2.80 bits per heavy atom. The third-order valence-electron chi connectivity index (χ3n) is 1.80. The Kier molecular flexibility index (Phi) is 2.41. The van der Waals surface area contributed by atoms with E-state index in [-0.39, 0.29) is 5.88 Å². The molecule has 74 valence electrons. The second-order valence-electron chi connectivity index (χ2n) is 2.82. The van der Waals surface area contributed by atoms with E-state index in [2.05, 4.69) is 16.5 Å². The summed E-state index contributed by atoms with van der Waals surface area (Å²) in [4.78, 5) is 19.1. The van der Waals surface area contributed by atoms with Gasteiger partial charge in [-0.3, -0.25) is 0 Å². The van der Waals surface area contributed by atoms with Crippen LogP contribution in [0.5, 0.6) is 5.88 Å². The number of benzene rings is 1. The first kappa shape index (κ1) is 9.33. The van der Waals surface area contributed by atoms with Crippen molar-refractivity contribution < 1.29 is 9.53 Å². The molecule has 0 bridgehead atoms. The van der Waals surface area contributed by atoms with Gasteiger partial charge in [-0.25, -0.2) is 14.8 Å². The van der Waals surface area contributed by atoms with Crippen molar-refractivity contribution in [3.63, 3.8) is 0 Å². The number of fused-ring (bicyclic) bond motifs is 1. The van der Waals surface area contributed by atoms with Crippen molar-refractivity contribution in [3.8, 4) is 5.88 Å². The van der Waals surface area contributed by atoms with Gasteiger partial charge in [-0.15, -0.1) is 0 Å². The highest BCUT2D eigenvalue weighted by atomic mass is 16.5. The third-order valence-corrected chi connectivity index (χ3v) is 1.80. The van der Waals surface area contributed by atoms with Crippen LogP contribution in [0.4, 0.5) is 0 Å². The lowest BCUT2D eigenvalue weighted by Gasteiger charge is -2.00. The second kappa shape index (κ2) is 3.88. The molecule has 0 radical (unpaired) electrons. The maximum Gasteiger partial charge on any atom is 0.336 e. The zero-order chi connectivity index (χ0) is 10.7. The van der Waals surface area contributed by atoms with Gasteiger partial charge in [0.05, 0.1) is 17.2 Å². The van der Waals surface area contributed by atoms with Crippen molar-refractivity contribution in [2.75, 3.05) is 0 Å². The predicted octanol–water partition coefficient (Wildman–Crippen LogP) is 1.72. The van der Waals surface area contributed by atoms with Crippen LogP contribution < -0.4 is 4.74 Å². The number of nitrogens with zero attached hydrogens (tertiary/aromatic N) is 2. The summed E-state index contributed by atoms with van der Waals surface area (Å²) in [7, 11) is 0. The maximum atomic E-state index is 10.9. The monoisotopic (exact) mass is 200 g/mol. The van der Waals surface area contributed by atoms with Crippen molar-refractivity contribution in [1.82, 2.24) is 9.97 Å². The topological polar surface area (TPSA) is 52.1 Å². The fourth-order valence-electron chi connectivity index (χ4n) is 1.13. The molecule has 1 aromatic heterocycles. The largest absolute Gasteiger partial charge is 0.403 e. The lowest BCUT2D eigenvalue weighted by atomic mass is 10.3. The molecule has 0 aliphatic carbocycles. The summed E-state index contributed by atoms with van der Waals surface area (Å²) in [5.41, 5.74) is 1.45. The molecule has 1 aromatic carbocycles. The Labute approximate surface area is 86.2 Å². The molecule has 4 nitrogen and oxygen atoms in total. The summed E-state index contributed by atoms with van der Waals surface area (Å²) in [6.45, 7) is 3.30. The lowest BCUT2D eigenvalue weighted by molar-refractivity contribution is -0.129. The van der Waals surface area contributed by atoms with Gasteiger partial charge in [-0.2, -0.15) is 0 Å². The van der Waals surface area contributed by atoms with Gasteiger partial charge >= 0.3 is 5.97 Å². The van der Waals surface area contributed by atoms with Crippen LogP contribution in [0.2, 0.25) is 0 Å². The lowest BCUT2D eigenvalue weighted by Crippen LogP contribution is -2.04. The molecule has 0 amide bonds. The van der Waals surface area contributed by atoms with Gasteiger partial charge in [0.1, 0.15) is 0 Å². The van der Waals surface area contributed by atoms with Gasteiger partial charge in [-0.05, 0) is 12.1 Å². The zero-order valence-electron chi connectivity index (χ0n) is 7.88. The first-order chi connectivity index (χ1) is 7.29. The Morgan fingerprint density at radius 1 is 1.33 bits per heavy atom. The molecule has 0 aliphatic rings. The molecule has 4 heteroatoms. The van der Waals surface area contributed by atoms with Crippen LogP contribution >= 0.6 is 0 Å². The van der Waals surface area contributed by atoms with Crippen LogP contribution in [-0.2, 0) is 4.79 Å². The summed E-state index contributed by atoms with van der Waals surface area (Å²) in [5, 5.41) is 0. The molecule has 0 fully saturated rings. The van der Waals surface area contributed by atoms with E-state index in [9.17, 15) is 4.79 Å². The Morgan fingerprint density at radius 2 is 2.07 bits per heavy atom. The predicted molar refractivity (Wildman–Crippen MR) is 55.4 cm³/mol. The van der Waals surface area contributed by atoms with Crippen LogP contribution in [0.25, 0.3) is 11.0 Å². The molecule has 0 N–H and O–H groups in total. The molecule has 0 spiro atoms. The van der Waals surface area contributed by atoms with Crippen LogP contribution in [0, 0.1) is 0 Å². The highest BCUT2D eigenvalue weighted by molar-refractivity contribution is 5.83. The van der Waals surface area contributed by atoms with E-state index >= 15 is 0 Å². The average molecular weight is 200 g/mol. The maximum absolute atomic E-state index is 10.9. The van der Waals surface area contributed by atoms with Gasteiger partial charge in [0.15, 0.2) is 0 Å². The number of hydrogen-bond acceptors (Lipinski definition) is 4. The average Bonchev–Trinajstić information content (AvgIpc) is 2.29. The van der Waals surface area contributed by atoms with Crippen molar-refractivity contribution in [3.05, 3.63) is 43.1 Å². The van der Waals surface area contributed by atoms with Crippen molar-refractivity contribution in [2.45, 2.75) is 0 Å². The highest BCUT2D eigenvalue weighted by Crippen LogP contribution is 2.12. The fourth-order valence-corrected chi connectivity index (χ4v) is 1.13. The van der Waals surface area contributed by atoms with E-state index in [4.69, 9.17) is 4.74 Å². The van der Waals surface area contributed by atoms with Crippen LogP contribution in [-0.4, -0.2) is 15.9 Å². The number of aromatic nitrogens is 2. The molecular weight excluding hydrogens is 192 g/mol. The summed E-state index contributed by atoms with van der Waals surface area (Å²) < 4.78 is 4.84. The third kappa shape index (κ3) is 1.99. The minimum absolute atomic E-state index is 0.179. The Balaban J connectivity index is 2.38. The zero-order valence-corrected chi connectivity index (χ0v) is 7.88. The molecular formula is C11H8N2O2. The van der Waals surface area contributed by atoms with Crippen molar-refractivity contribution in [1.29, 1.82) is 0 Å². The summed E-state index contributed by atoms with van der Waals surface area (Å²) in [6, 6.07) is 7.34. The number of carbonyl (C=O) groups excluding carboxylic acids is 1. The van der Waals surface area contributed by atoms with Gasteiger partial charge in [0, 0.05) is 6.08 Å². The smallest absolute Gasteiger partial charge is 0.336 e. The van der Waals surface area contributed by atoms with E-state index in [1.807, 2.05) is 18.2 Å². The molecule has 0 saturated carbocycles. The minimum atomic E-state index is -0.542. The summed E-state index contributed by atoms with van der Waals surface area (Å²) >= 11 is 0. The van der Waals surface area contributed by atoms with Gasteiger partial charge in [0.2, 0.25) is 5.88 Å². The number of ether oxygens (including phenoxy) is 1. The van der Waals surface area contributed by atoms with Crippen LogP contribution in [0.3, 0.4) is 0 Å². The number of rotatable bonds is 2. The normalized spacial score (nSPS) is 9.87. The molecule has 0 saturated heterocycles. The molecule has 0 unspecified atom stereocenters. The van der Waals surface area contributed by atoms with E-state index in [0.29, 0.717) is 5.52 Å². The van der Waals surface area contributed by atoms with Crippen LogP contribution in [0.15, 0.2) is 43.1 Å². The fraction of sp³-hybridized carbons (Fsp3) is 0. The van der Waals surface area contributed by atoms with E-state index in [0.717, 1.165) is 11.6 Å². The number of para-hydroxylation sites is 2. The Bertz CT molecular complexity index is 523. The Hall–Kier alpha value is -2.23. The first-order valence-corrected chi connectivity index (χ1v) is 4.35. The summed E-state index contributed by atoms with van der Waals surface area (Å²) in [5.74, 6) is -0.363. The van der Waals surface area contributed by atoms with Crippen molar-refractivity contribution in [2.24, 2.45) is 0 Å². The minimum Gasteiger partial charge on any atom is -0.403 e. The number of hydrogen-bond donors (Lipinski definition) is 0. The second-order valence-corrected chi connectivity index (χ2v) is 2.82. The van der Waals surface area contributed by atoms with E-state index < -0.39 is 5.97 Å². The standard InChI is InChI=1S/C11H8N2O2/c1-2-11(14)15-10-7-12-8-5-3-4-6-9(8)13-10/h2-7H,1H2. The van der Waals surface area contributed by atoms with Crippen molar-refractivity contribution >= 4 is 17.0 Å². The molecule has 1 heterocycles. The molecule has 2 rings (SSSR count). The van der Waals surface area contributed by atoms with Crippen LogP contribution in [0.1, 0.15) is 0 Å². The van der Waals surface area contributed by atoms with Gasteiger partial charge < -0.3 is 4.74 Å². The van der Waals surface area contributed by atoms with E-state index in [1.54, 1.807) is 6.07 Å². The van der Waals surface area contributed by atoms with E-state index in [1.165, 1.54) is 6.20 Å². The molecule has 15 heavy (non-hydrogen) atoms. The SMILES string of the molecule is C=CC(=O)Oc1cnc2ccccc2n1. The van der Waals surface area contributed by atoms with Gasteiger partial charge in [-0.1, -0.05) is 18.7 Å². The molecule has 2 aromatic rings. The quantitative estimate of drug-likeness (QED) is 0.547. The number of esters is 1. The first-order valence-electron chi connectivity index (χ1n) is 4.35. The van der Waals surface area contributed by atoms with Gasteiger partial charge in [0.25, 0.3) is 0 Å². The number of carbonyl (C=O) groups is 1. The molecule has 0 atom stereocenters. The molecule has 0 aliphatic heterocycles. The summed E-state index contributed by atoms with van der Waals surface area (Å²) in [6.07, 6.45) is 2.49.